The Kier molecular flexibility index (Phi) is 2.47. The van der Waals surface area contributed by atoms with E-state index >= 15 is 0 Å². The first-order valence-corrected chi connectivity index (χ1v) is 6.44. The average Bonchev–Trinajstić information content (AvgIpc) is 2.82. The molecule has 2 aromatic rings. The molecular weight excluding hydrogens is 224 g/mol. The summed E-state index contributed by atoms with van der Waals surface area (Å²) in [6.45, 7) is 7.12. The maximum absolute atomic E-state index is 5.44. The lowest BCUT2D eigenvalue weighted by Crippen LogP contribution is -2.15. The fraction of sp³-hybridized carbons (Fsp3) is 0.375. The van der Waals surface area contributed by atoms with E-state index in [1.807, 2.05) is 0 Å². The second kappa shape index (κ2) is 3.91. The van der Waals surface area contributed by atoms with Crippen LogP contribution in [0.25, 0.3) is 10.8 Å². The smallest absolute Gasteiger partial charge is 0.231 e. The third-order valence-electron chi connectivity index (χ3n) is 4.00. The second-order valence-corrected chi connectivity index (χ2v) is 5.50. The fourth-order valence-corrected chi connectivity index (χ4v) is 2.26. The minimum Gasteiger partial charge on any atom is -0.454 e. The summed E-state index contributed by atoms with van der Waals surface area (Å²) >= 11 is 0. The zero-order valence-electron chi connectivity index (χ0n) is 11.1. The van der Waals surface area contributed by atoms with Crippen molar-refractivity contribution in [3.8, 4) is 11.5 Å². The lowest BCUT2D eigenvalue weighted by molar-refractivity contribution is 0.174. The van der Waals surface area contributed by atoms with Gasteiger partial charge in [-0.3, -0.25) is 0 Å². The number of fused-ring (bicyclic) bond motifs is 2. The summed E-state index contributed by atoms with van der Waals surface area (Å²) in [5, 5.41) is 2.42. The van der Waals surface area contributed by atoms with Gasteiger partial charge in [-0.05, 0) is 40.3 Å². The van der Waals surface area contributed by atoms with E-state index in [0.717, 1.165) is 17.9 Å². The highest BCUT2D eigenvalue weighted by Gasteiger charge is 2.19. The van der Waals surface area contributed by atoms with Crippen LogP contribution in [0.15, 0.2) is 30.3 Å². The summed E-state index contributed by atoms with van der Waals surface area (Å²) in [7, 11) is 0. The van der Waals surface area contributed by atoms with Crippen LogP contribution in [0.5, 0.6) is 11.5 Å². The molecule has 0 spiro atoms. The van der Waals surface area contributed by atoms with Gasteiger partial charge in [0.2, 0.25) is 6.79 Å². The zero-order valence-corrected chi connectivity index (χ0v) is 11.1. The largest absolute Gasteiger partial charge is 0.454 e. The molecule has 0 N–H and O–H groups in total. The van der Waals surface area contributed by atoms with Crippen molar-refractivity contribution in [2.24, 2.45) is 0 Å². The quantitative estimate of drug-likeness (QED) is 0.783. The zero-order chi connectivity index (χ0) is 12.8. The van der Waals surface area contributed by atoms with Gasteiger partial charge in [-0.15, -0.1) is 0 Å². The first-order valence-electron chi connectivity index (χ1n) is 6.44. The van der Waals surface area contributed by atoms with E-state index in [0.29, 0.717) is 6.79 Å². The molecule has 0 atom stereocenters. The molecule has 0 aromatic heterocycles. The Hall–Kier alpha value is -1.70. The van der Waals surface area contributed by atoms with Crippen molar-refractivity contribution in [3.05, 3.63) is 35.9 Å². The summed E-state index contributed by atoms with van der Waals surface area (Å²) in [5.74, 6) is 1.71. The Morgan fingerprint density at radius 3 is 2.33 bits per heavy atom. The predicted molar refractivity (Wildman–Crippen MR) is 73.4 cm³/mol. The van der Waals surface area contributed by atoms with Crippen molar-refractivity contribution < 1.29 is 9.47 Å². The van der Waals surface area contributed by atoms with E-state index in [9.17, 15) is 0 Å². The number of ether oxygens (including phenoxy) is 2. The number of benzene rings is 2. The molecule has 3 rings (SSSR count). The maximum Gasteiger partial charge on any atom is 0.231 e. The van der Waals surface area contributed by atoms with Gasteiger partial charge in [0.25, 0.3) is 0 Å². The number of hydrogen-bond donors (Lipinski definition) is 0. The molecule has 0 amide bonds. The lowest BCUT2D eigenvalue weighted by Gasteiger charge is -2.23. The van der Waals surface area contributed by atoms with Crippen LogP contribution in [0, 0.1) is 0 Å². The first kappa shape index (κ1) is 11.4. The molecule has 0 radical (unpaired) electrons. The highest BCUT2D eigenvalue weighted by Crippen LogP contribution is 2.37. The molecule has 2 aromatic carbocycles. The highest BCUT2D eigenvalue weighted by molar-refractivity contribution is 5.87. The van der Waals surface area contributed by atoms with Gasteiger partial charge in [-0.2, -0.15) is 0 Å². The Labute approximate surface area is 108 Å². The summed E-state index contributed by atoms with van der Waals surface area (Å²) in [5.41, 5.74) is 1.58. The van der Waals surface area contributed by atoms with Gasteiger partial charge >= 0.3 is 0 Å². The van der Waals surface area contributed by atoms with Crippen LogP contribution in [0.4, 0.5) is 0 Å². The highest BCUT2D eigenvalue weighted by atomic mass is 16.7. The molecule has 0 bridgehead atoms. The Morgan fingerprint density at radius 1 is 1.00 bits per heavy atom. The molecule has 2 heteroatoms. The van der Waals surface area contributed by atoms with Gasteiger partial charge in [0.05, 0.1) is 0 Å². The van der Waals surface area contributed by atoms with E-state index in [1.54, 1.807) is 0 Å². The van der Waals surface area contributed by atoms with Crippen molar-refractivity contribution in [3.63, 3.8) is 0 Å². The Balaban J connectivity index is 2.15. The van der Waals surface area contributed by atoms with Crippen molar-refractivity contribution in [2.45, 2.75) is 32.6 Å². The van der Waals surface area contributed by atoms with E-state index in [2.05, 4.69) is 51.1 Å². The summed E-state index contributed by atoms with van der Waals surface area (Å²) in [6, 6.07) is 10.8. The van der Waals surface area contributed by atoms with Crippen LogP contribution in [-0.4, -0.2) is 6.79 Å². The monoisotopic (exact) mass is 242 g/mol. The fourth-order valence-electron chi connectivity index (χ4n) is 2.26. The van der Waals surface area contributed by atoms with Crippen molar-refractivity contribution in [1.29, 1.82) is 0 Å². The van der Waals surface area contributed by atoms with Crippen LogP contribution >= 0.6 is 0 Å². The molecule has 0 fully saturated rings. The van der Waals surface area contributed by atoms with Gasteiger partial charge in [0.15, 0.2) is 11.5 Å². The minimum atomic E-state index is 0.213. The summed E-state index contributed by atoms with van der Waals surface area (Å²) < 4.78 is 10.8. The second-order valence-electron chi connectivity index (χ2n) is 5.50. The molecular formula is C16H18O2. The molecule has 1 aliphatic heterocycles. The SMILES string of the molecule is CCC(C)(C)c1ccc2cc3c(cc2c1)OCO3. The van der Waals surface area contributed by atoms with Crippen molar-refractivity contribution in [2.75, 3.05) is 6.79 Å². The lowest BCUT2D eigenvalue weighted by atomic mass is 9.81. The van der Waals surface area contributed by atoms with Gasteiger partial charge in [-0.25, -0.2) is 0 Å². The van der Waals surface area contributed by atoms with E-state index in [1.165, 1.54) is 16.3 Å². The maximum atomic E-state index is 5.44. The van der Waals surface area contributed by atoms with Gasteiger partial charge < -0.3 is 9.47 Å². The molecule has 0 saturated carbocycles. The van der Waals surface area contributed by atoms with Crippen LogP contribution < -0.4 is 9.47 Å². The van der Waals surface area contributed by atoms with Crippen LogP contribution in [-0.2, 0) is 5.41 Å². The normalized spacial score (nSPS) is 14.2. The average molecular weight is 242 g/mol. The third-order valence-corrected chi connectivity index (χ3v) is 4.00. The van der Waals surface area contributed by atoms with Crippen LogP contribution in [0.2, 0.25) is 0 Å². The Bertz CT molecular complexity index is 599. The third kappa shape index (κ3) is 1.72. The van der Waals surface area contributed by atoms with Crippen LogP contribution in [0.3, 0.4) is 0 Å². The minimum absolute atomic E-state index is 0.213. The summed E-state index contributed by atoms with van der Waals surface area (Å²) in [4.78, 5) is 0. The van der Waals surface area contributed by atoms with Crippen molar-refractivity contribution >= 4 is 10.8 Å². The molecule has 0 saturated heterocycles. The molecule has 1 heterocycles. The van der Waals surface area contributed by atoms with Crippen molar-refractivity contribution in [1.82, 2.24) is 0 Å². The first-order chi connectivity index (χ1) is 8.60. The predicted octanol–water partition coefficient (Wildman–Crippen LogP) is 4.26. The molecule has 94 valence electrons. The van der Waals surface area contributed by atoms with E-state index < -0.39 is 0 Å². The van der Waals surface area contributed by atoms with Gasteiger partial charge in [0.1, 0.15) is 0 Å². The number of rotatable bonds is 2. The van der Waals surface area contributed by atoms with Gasteiger partial charge in [-0.1, -0.05) is 39.0 Å². The van der Waals surface area contributed by atoms with Crippen LogP contribution in [0.1, 0.15) is 32.8 Å². The summed E-state index contributed by atoms with van der Waals surface area (Å²) in [6.07, 6.45) is 1.13. The van der Waals surface area contributed by atoms with E-state index in [4.69, 9.17) is 9.47 Å². The molecule has 18 heavy (non-hydrogen) atoms. The Morgan fingerprint density at radius 2 is 1.67 bits per heavy atom. The standard InChI is InChI=1S/C16H18O2/c1-4-16(2,3)13-6-5-11-8-14-15(18-10-17-14)9-12(11)7-13/h5-9H,4,10H2,1-3H3. The van der Waals surface area contributed by atoms with Gasteiger partial charge in [0, 0.05) is 0 Å². The molecule has 0 unspecified atom stereocenters. The molecule has 0 aliphatic carbocycles. The van der Waals surface area contributed by atoms with E-state index in [-0.39, 0.29) is 5.41 Å². The molecule has 2 nitrogen and oxygen atoms in total. The molecule has 1 aliphatic rings. The number of hydrogen-bond acceptors (Lipinski definition) is 2. The topological polar surface area (TPSA) is 18.5 Å².